The van der Waals surface area contributed by atoms with Crippen molar-refractivity contribution < 1.29 is 0 Å². The molecule has 0 aliphatic carbocycles. The van der Waals surface area contributed by atoms with Crippen molar-refractivity contribution in [3.63, 3.8) is 0 Å². The third kappa shape index (κ3) is 4.62. The van der Waals surface area contributed by atoms with Gasteiger partial charge in [0.15, 0.2) is 0 Å². The molecule has 0 spiro atoms. The molecule has 2 nitrogen and oxygen atoms in total. The molecule has 0 aliphatic rings. The Morgan fingerprint density at radius 1 is 0.591 bits per heavy atom. The van der Waals surface area contributed by atoms with Gasteiger partial charge in [-0.3, -0.25) is 0 Å². The fourth-order valence-electron chi connectivity index (χ4n) is 2.08. The van der Waals surface area contributed by atoms with E-state index in [1.165, 1.54) is 11.4 Å². The summed E-state index contributed by atoms with van der Waals surface area (Å²) in [5.41, 5.74) is 2.48. The van der Waals surface area contributed by atoms with E-state index < -0.39 is 0 Å². The minimum atomic E-state index is 0.435. The van der Waals surface area contributed by atoms with Crippen LogP contribution in [0, 0.1) is 0 Å². The Balaban J connectivity index is 2.10. The Bertz CT molecular complexity index is 492. The minimum absolute atomic E-state index is 0.435. The first-order valence-electron chi connectivity index (χ1n) is 7.63. The second-order valence-corrected chi connectivity index (χ2v) is 7.64. The van der Waals surface area contributed by atoms with Gasteiger partial charge in [0.25, 0.3) is 0 Å². The minimum Gasteiger partial charge on any atom is -0.303 e. The molecular formula is C18H24N2S2. The van der Waals surface area contributed by atoms with Crippen LogP contribution in [0.3, 0.4) is 0 Å². The van der Waals surface area contributed by atoms with Crippen LogP contribution in [0.5, 0.6) is 0 Å². The number of hydrogen-bond acceptors (Lipinski definition) is 4. The summed E-state index contributed by atoms with van der Waals surface area (Å²) in [4.78, 5) is 0. The highest BCUT2D eigenvalue weighted by Gasteiger charge is 2.17. The number of nitrogens with zero attached hydrogens (tertiary/aromatic N) is 2. The van der Waals surface area contributed by atoms with Crippen LogP contribution in [0.15, 0.2) is 60.7 Å². The first-order chi connectivity index (χ1) is 10.6. The van der Waals surface area contributed by atoms with Gasteiger partial charge in [0.2, 0.25) is 0 Å². The average molecular weight is 333 g/mol. The lowest BCUT2D eigenvalue weighted by Gasteiger charge is -2.32. The predicted octanol–water partition coefficient (Wildman–Crippen LogP) is 6.03. The van der Waals surface area contributed by atoms with E-state index in [0.717, 1.165) is 0 Å². The Labute approximate surface area is 142 Å². The zero-order valence-corrected chi connectivity index (χ0v) is 15.3. The highest BCUT2D eigenvalue weighted by atomic mass is 33.1. The summed E-state index contributed by atoms with van der Waals surface area (Å²) in [6.07, 6.45) is 0. The van der Waals surface area contributed by atoms with Gasteiger partial charge >= 0.3 is 0 Å². The van der Waals surface area contributed by atoms with Crippen molar-refractivity contribution in [1.82, 2.24) is 0 Å². The van der Waals surface area contributed by atoms with Crippen molar-refractivity contribution in [1.29, 1.82) is 0 Å². The third-order valence-electron chi connectivity index (χ3n) is 3.15. The standard InChI is InChI=1S/C18H24N2S2/c1-15(2)19(17-11-7-5-8-12-17)21-22-20(16(3)4)18-13-9-6-10-14-18/h5-16H,1-4H3. The van der Waals surface area contributed by atoms with Gasteiger partial charge in [0.05, 0.1) is 0 Å². The summed E-state index contributed by atoms with van der Waals surface area (Å²) in [6.45, 7) is 8.90. The number of para-hydroxylation sites is 2. The first kappa shape index (κ1) is 17.1. The monoisotopic (exact) mass is 332 g/mol. The number of anilines is 2. The van der Waals surface area contributed by atoms with Crippen molar-refractivity contribution in [2.45, 2.75) is 39.8 Å². The normalized spacial score (nSPS) is 11.0. The highest BCUT2D eigenvalue weighted by molar-refractivity contribution is 8.77. The summed E-state index contributed by atoms with van der Waals surface area (Å²) < 4.78 is 4.70. The Kier molecular flexibility index (Phi) is 6.52. The molecule has 0 saturated heterocycles. The van der Waals surface area contributed by atoms with Gasteiger partial charge in [-0.25, -0.2) is 0 Å². The first-order valence-corrected chi connectivity index (χ1v) is 9.69. The lowest BCUT2D eigenvalue weighted by Crippen LogP contribution is -2.26. The van der Waals surface area contributed by atoms with Gasteiger partial charge < -0.3 is 8.61 Å². The number of benzene rings is 2. The van der Waals surface area contributed by atoms with Crippen LogP contribution in [0.2, 0.25) is 0 Å². The van der Waals surface area contributed by atoms with Gasteiger partial charge in [-0.1, -0.05) is 36.4 Å². The van der Waals surface area contributed by atoms with Gasteiger partial charge in [-0.05, 0) is 52.0 Å². The van der Waals surface area contributed by atoms with E-state index in [1.807, 2.05) is 0 Å². The quantitative estimate of drug-likeness (QED) is 0.451. The molecule has 2 aromatic carbocycles. The van der Waals surface area contributed by atoms with E-state index in [9.17, 15) is 0 Å². The lowest BCUT2D eigenvalue weighted by molar-refractivity contribution is 0.835. The van der Waals surface area contributed by atoms with E-state index in [2.05, 4.69) is 97.0 Å². The van der Waals surface area contributed by atoms with Crippen LogP contribution < -0.4 is 8.61 Å². The average Bonchev–Trinajstić information content (AvgIpc) is 2.52. The molecule has 0 amide bonds. The summed E-state index contributed by atoms with van der Waals surface area (Å²) in [6, 6.07) is 22.0. The van der Waals surface area contributed by atoms with Crippen LogP contribution in [0.25, 0.3) is 0 Å². The molecule has 0 atom stereocenters. The van der Waals surface area contributed by atoms with E-state index in [-0.39, 0.29) is 0 Å². The summed E-state index contributed by atoms with van der Waals surface area (Å²) in [7, 11) is 3.58. The molecule has 2 aromatic rings. The molecule has 22 heavy (non-hydrogen) atoms. The van der Waals surface area contributed by atoms with E-state index in [1.54, 1.807) is 22.0 Å². The molecule has 0 aromatic heterocycles. The number of rotatable bonds is 7. The van der Waals surface area contributed by atoms with Crippen LogP contribution >= 0.6 is 22.0 Å². The van der Waals surface area contributed by atoms with Gasteiger partial charge in [0, 0.05) is 45.4 Å². The third-order valence-corrected chi connectivity index (χ3v) is 5.97. The van der Waals surface area contributed by atoms with Crippen LogP contribution in [0.1, 0.15) is 27.7 Å². The lowest BCUT2D eigenvalue weighted by atomic mass is 10.3. The maximum Gasteiger partial charge on any atom is 0.0481 e. The molecule has 2 rings (SSSR count). The van der Waals surface area contributed by atoms with Crippen LogP contribution in [0.4, 0.5) is 11.4 Å². The maximum atomic E-state index is 2.35. The van der Waals surface area contributed by atoms with Crippen molar-refractivity contribution in [3.8, 4) is 0 Å². The van der Waals surface area contributed by atoms with Crippen molar-refractivity contribution in [3.05, 3.63) is 60.7 Å². The van der Waals surface area contributed by atoms with E-state index in [0.29, 0.717) is 12.1 Å². The summed E-state index contributed by atoms with van der Waals surface area (Å²) >= 11 is 0. The molecule has 0 fully saturated rings. The fourth-order valence-corrected chi connectivity index (χ4v) is 4.96. The van der Waals surface area contributed by atoms with E-state index in [4.69, 9.17) is 0 Å². The molecule has 0 saturated carbocycles. The molecular weight excluding hydrogens is 308 g/mol. The fraction of sp³-hybridized carbons (Fsp3) is 0.333. The van der Waals surface area contributed by atoms with Crippen molar-refractivity contribution in [2.75, 3.05) is 8.61 Å². The molecule has 0 bridgehead atoms. The van der Waals surface area contributed by atoms with Gasteiger partial charge in [-0.15, -0.1) is 0 Å². The number of hydrogen-bond donors (Lipinski definition) is 0. The van der Waals surface area contributed by atoms with Crippen LogP contribution in [-0.2, 0) is 0 Å². The van der Waals surface area contributed by atoms with Gasteiger partial charge in [0.1, 0.15) is 0 Å². The van der Waals surface area contributed by atoms with Crippen molar-refractivity contribution >= 4 is 33.3 Å². The zero-order valence-electron chi connectivity index (χ0n) is 13.6. The molecule has 0 unspecified atom stereocenters. The predicted molar refractivity (Wildman–Crippen MR) is 103 cm³/mol. The smallest absolute Gasteiger partial charge is 0.0481 e. The molecule has 0 radical (unpaired) electrons. The SMILES string of the molecule is CC(C)N(SSN(c1ccccc1)C(C)C)c1ccccc1. The second kappa shape index (κ2) is 8.39. The molecule has 0 heterocycles. The van der Waals surface area contributed by atoms with Crippen LogP contribution in [-0.4, -0.2) is 12.1 Å². The summed E-state index contributed by atoms with van der Waals surface area (Å²) in [5.74, 6) is 0. The molecule has 118 valence electrons. The topological polar surface area (TPSA) is 6.48 Å². The second-order valence-electron chi connectivity index (χ2n) is 5.66. The Morgan fingerprint density at radius 2 is 0.909 bits per heavy atom. The van der Waals surface area contributed by atoms with Gasteiger partial charge in [-0.2, -0.15) is 0 Å². The van der Waals surface area contributed by atoms with E-state index >= 15 is 0 Å². The molecule has 4 heteroatoms. The summed E-state index contributed by atoms with van der Waals surface area (Å²) in [5, 5.41) is 0. The maximum absolute atomic E-state index is 2.35. The zero-order chi connectivity index (χ0) is 15.9. The highest BCUT2D eigenvalue weighted by Crippen LogP contribution is 2.39. The Hall–Kier alpha value is -1.26. The largest absolute Gasteiger partial charge is 0.303 e. The van der Waals surface area contributed by atoms with Crippen molar-refractivity contribution in [2.24, 2.45) is 0 Å². The molecule has 0 N–H and O–H groups in total. The molecule has 0 aliphatic heterocycles. The Morgan fingerprint density at radius 3 is 1.18 bits per heavy atom.